The van der Waals surface area contributed by atoms with Crippen molar-refractivity contribution in [3.63, 3.8) is 0 Å². The molecule has 0 radical (unpaired) electrons. The third kappa shape index (κ3) is 3.72. The molecule has 2 fully saturated rings. The van der Waals surface area contributed by atoms with E-state index in [-0.39, 0.29) is 11.3 Å². The van der Waals surface area contributed by atoms with Gasteiger partial charge in [0.25, 0.3) is 0 Å². The van der Waals surface area contributed by atoms with Crippen LogP contribution >= 0.6 is 0 Å². The summed E-state index contributed by atoms with van der Waals surface area (Å²) in [7, 11) is -3.14. The highest BCUT2D eigenvalue weighted by Gasteiger charge is 2.44. The van der Waals surface area contributed by atoms with Crippen molar-refractivity contribution < 1.29 is 13.2 Å². The second-order valence-corrected chi connectivity index (χ2v) is 8.79. The molecule has 7 heteroatoms. The standard InChI is InChI=1S/C16H23N3O3S/c1-23(21,22)19-9-6-16(13-19)5-3-8-18(12-16)15(20)10-14-4-2-7-17-11-14/h2,4,7,11H,3,5-6,8-10,12-13H2,1H3/t16-/m0/s1. The minimum atomic E-state index is -3.14. The lowest BCUT2D eigenvalue weighted by molar-refractivity contribution is -0.133. The van der Waals surface area contributed by atoms with E-state index in [0.29, 0.717) is 26.1 Å². The van der Waals surface area contributed by atoms with Gasteiger partial charge in [0.1, 0.15) is 0 Å². The Morgan fingerprint density at radius 2 is 2.13 bits per heavy atom. The van der Waals surface area contributed by atoms with Crippen LogP contribution in [0.3, 0.4) is 0 Å². The van der Waals surface area contributed by atoms with Crippen LogP contribution in [0.25, 0.3) is 0 Å². The van der Waals surface area contributed by atoms with Crippen molar-refractivity contribution >= 4 is 15.9 Å². The Bertz CT molecular complexity index is 677. The third-order valence-electron chi connectivity index (χ3n) is 4.96. The number of rotatable bonds is 3. The Hall–Kier alpha value is -1.47. The van der Waals surface area contributed by atoms with Crippen molar-refractivity contribution in [2.75, 3.05) is 32.4 Å². The van der Waals surface area contributed by atoms with E-state index in [1.54, 1.807) is 16.7 Å². The molecule has 23 heavy (non-hydrogen) atoms. The molecule has 126 valence electrons. The summed E-state index contributed by atoms with van der Waals surface area (Å²) < 4.78 is 25.1. The summed E-state index contributed by atoms with van der Waals surface area (Å²) in [6.45, 7) is 2.55. The van der Waals surface area contributed by atoms with Crippen LogP contribution in [0.2, 0.25) is 0 Å². The number of amides is 1. The number of pyridine rings is 1. The highest BCUT2D eigenvalue weighted by Crippen LogP contribution is 2.39. The Morgan fingerprint density at radius 1 is 1.30 bits per heavy atom. The van der Waals surface area contributed by atoms with Gasteiger partial charge in [0.05, 0.1) is 12.7 Å². The molecule has 2 saturated heterocycles. The van der Waals surface area contributed by atoms with Gasteiger partial charge in [-0.1, -0.05) is 6.07 Å². The molecule has 1 atom stereocenters. The van der Waals surface area contributed by atoms with Crippen LogP contribution in [0.1, 0.15) is 24.8 Å². The SMILES string of the molecule is CS(=O)(=O)N1CC[C@]2(CCCN(C(=O)Cc3cccnc3)C2)C1. The molecule has 2 aliphatic rings. The van der Waals surface area contributed by atoms with Gasteiger partial charge in [0, 0.05) is 44.0 Å². The Morgan fingerprint density at radius 3 is 2.78 bits per heavy atom. The maximum absolute atomic E-state index is 12.6. The van der Waals surface area contributed by atoms with Gasteiger partial charge in [0.15, 0.2) is 0 Å². The van der Waals surface area contributed by atoms with Gasteiger partial charge in [-0.3, -0.25) is 9.78 Å². The second kappa shape index (κ2) is 6.20. The summed E-state index contributed by atoms with van der Waals surface area (Å²) in [6, 6.07) is 3.74. The number of piperidine rings is 1. The molecule has 1 aromatic rings. The van der Waals surface area contributed by atoms with Crippen LogP contribution in [0.5, 0.6) is 0 Å². The maximum Gasteiger partial charge on any atom is 0.227 e. The zero-order valence-corrected chi connectivity index (χ0v) is 14.3. The fraction of sp³-hybridized carbons (Fsp3) is 0.625. The molecule has 6 nitrogen and oxygen atoms in total. The van der Waals surface area contributed by atoms with E-state index in [2.05, 4.69) is 4.98 Å². The van der Waals surface area contributed by atoms with Crippen molar-refractivity contribution in [3.05, 3.63) is 30.1 Å². The molecular formula is C16H23N3O3S. The molecule has 2 aliphatic heterocycles. The lowest BCUT2D eigenvalue weighted by Gasteiger charge is -2.40. The van der Waals surface area contributed by atoms with Crippen LogP contribution < -0.4 is 0 Å². The number of hydrogen-bond donors (Lipinski definition) is 0. The predicted molar refractivity (Wildman–Crippen MR) is 87.2 cm³/mol. The average molecular weight is 337 g/mol. The van der Waals surface area contributed by atoms with Crippen LogP contribution in [0.4, 0.5) is 0 Å². The second-order valence-electron chi connectivity index (χ2n) is 6.80. The third-order valence-corrected chi connectivity index (χ3v) is 6.21. The number of hydrogen-bond acceptors (Lipinski definition) is 4. The first-order chi connectivity index (χ1) is 10.9. The van der Waals surface area contributed by atoms with Gasteiger partial charge in [0.2, 0.25) is 15.9 Å². The van der Waals surface area contributed by atoms with Crippen molar-refractivity contribution in [2.24, 2.45) is 5.41 Å². The minimum absolute atomic E-state index is 0.0636. The first-order valence-electron chi connectivity index (χ1n) is 8.00. The zero-order chi connectivity index (χ0) is 16.5. The monoisotopic (exact) mass is 337 g/mol. The van der Waals surface area contributed by atoms with Crippen LogP contribution in [0, 0.1) is 5.41 Å². The molecule has 0 aliphatic carbocycles. The molecule has 0 N–H and O–H groups in total. The topological polar surface area (TPSA) is 70.6 Å². The first kappa shape index (κ1) is 16.4. The molecular weight excluding hydrogens is 314 g/mol. The average Bonchev–Trinajstić information content (AvgIpc) is 2.92. The summed E-state index contributed by atoms with van der Waals surface area (Å²) >= 11 is 0. The van der Waals surface area contributed by atoms with Gasteiger partial charge < -0.3 is 4.90 Å². The van der Waals surface area contributed by atoms with E-state index >= 15 is 0 Å². The Kier molecular flexibility index (Phi) is 4.42. The molecule has 0 unspecified atom stereocenters. The van der Waals surface area contributed by atoms with Gasteiger partial charge in [-0.15, -0.1) is 0 Å². The van der Waals surface area contributed by atoms with E-state index in [0.717, 1.165) is 31.4 Å². The van der Waals surface area contributed by atoms with E-state index in [4.69, 9.17) is 0 Å². The maximum atomic E-state index is 12.6. The normalized spacial score (nSPS) is 25.9. The van der Waals surface area contributed by atoms with Crippen LogP contribution in [-0.2, 0) is 21.2 Å². The summed E-state index contributed by atoms with van der Waals surface area (Å²) in [5, 5.41) is 0. The predicted octanol–water partition coefficient (Wildman–Crippen LogP) is 0.898. The number of sulfonamides is 1. The van der Waals surface area contributed by atoms with Crippen molar-refractivity contribution in [1.82, 2.24) is 14.2 Å². The minimum Gasteiger partial charge on any atom is -0.342 e. The zero-order valence-electron chi connectivity index (χ0n) is 13.4. The Labute approximate surface area is 137 Å². The van der Waals surface area contributed by atoms with Crippen molar-refractivity contribution in [1.29, 1.82) is 0 Å². The van der Waals surface area contributed by atoms with Crippen LogP contribution in [-0.4, -0.2) is 60.9 Å². The quantitative estimate of drug-likeness (QED) is 0.822. The summed E-state index contributed by atoms with van der Waals surface area (Å²) in [5.74, 6) is 0.106. The molecule has 3 heterocycles. The number of likely N-dealkylation sites (tertiary alicyclic amines) is 1. The van der Waals surface area contributed by atoms with Crippen molar-refractivity contribution in [3.8, 4) is 0 Å². The molecule has 1 spiro atoms. The molecule has 0 bridgehead atoms. The van der Waals surface area contributed by atoms with Gasteiger partial charge in [-0.05, 0) is 30.9 Å². The van der Waals surface area contributed by atoms with Crippen LogP contribution in [0.15, 0.2) is 24.5 Å². The highest BCUT2D eigenvalue weighted by atomic mass is 32.2. The van der Waals surface area contributed by atoms with E-state index in [9.17, 15) is 13.2 Å². The van der Waals surface area contributed by atoms with E-state index < -0.39 is 10.0 Å². The van der Waals surface area contributed by atoms with Gasteiger partial charge >= 0.3 is 0 Å². The molecule has 0 saturated carbocycles. The fourth-order valence-electron chi connectivity index (χ4n) is 3.72. The lowest BCUT2D eigenvalue weighted by atomic mass is 9.79. The molecule has 0 aromatic carbocycles. The number of carbonyl (C=O) groups excluding carboxylic acids is 1. The molecule has 1 aromatic heterocycles. The largest absolute Gasteiger partial charge is 0.342 e. The van der Waals surface area contributed by atoms with Crippen molar-refractivity contribution in [2.45, 2.75) is 25.7 Å². The highest BCUT2D eigenvalue weighted by molar-refractivity contribution is 7.88. The van der Waals surface area contributed by atoms with E-state index in [1.165, 1.54) is 6.26 Å². The van der Waals surface area contributed by atoms with Gasteiger partial charge in [-0.2, -0.15) is 0 Å². The number of carbonyl (C=O) groups is 1. The van der Waals surface area contributed by atoms with E-state index in [1.807, 2.05) is 17.0 Å². The first-order valence-corrected chi connectivity index (χ1v) is 9.85. The van der Waals surface area contributed by atoms with Gasteiger partial charge in [-0.25, -0.2) is 12.7 Å². The fourth-order valence-corrected chi connectivity index (χ4v) is 4.65. The summed E-state index contributed by atoms with van der Waals surface area (Å²) in [6.07, 6.45) is 7.82. The molecule has 1 amide bonds. The summed E-state index contributed by atoms with van der Waals surface area (Å²) in [5.41, 5.74) is 0.854. The Balaban J connectivity index is 1.66. The number of nitrogens with zero attached hydrogens (tertiary/aromatic N) is 3. The molecule has 3 rings (SSSR count). The smallest absolute Gasteiger partial charge is 0.227 e. The number of aromatic nitrogens is 1. The summed E-state index contributed by atoms with van der Waals surface area (Å²) in [4.78, 5) is 18.5. The lowest BCUT2D eigenvalue weighted by Crippen LogP contribution is -2.48.